The standard InChI is InChI=1S/C12H15NO3/c1-15-12(14)10-2-5-13-11(8-10)9-3-6-16-7-4-9/h2,5,8-9H,3-4,6-7H2,1H3. The van der Waals surface area contributed by atoms with E-state index >= 15 is 0 Å². The molecule has 0 spiro atoms. The average Bonchev–Trinajstić information content (AvgIpc) is 2.39. The van der Waals surface area contributed by atoms with Crippen molar-refractivity contribution >= 4 is 5.97 Å². The fraction of sp³-hybridized carbons (Fsp3) is 0.500. The molecule has 2 rings (SSSR count). The summed E-state index contributed by atoms with van der Waals surface area (Å²) in [5.74, 6) is 0.0917. The number of aromatic nitrogens is 1. The highest BCUT2D eigenvalue weighted by Gasteiger charge is 2.18. The van der Waals surface area contributed by atoms with E-state index in [0.717, 1.165) is 31.7 Å². The molecule has 0 atom stereocenters. The molecule has 0 unspecified atom stereocenters. The smallest absolute Gasteiger partial charge is 0.337 e. The van der Waals surface area contributed by atoms with Crippen LogP contribution in [0.15, 0.2) is 18.3 Å². The first-order chi connectivity index (χ1) is 7.81. The van der Waals surface area contributed by atoms with Crippen LogP contribution in [0.2, 0.25) is 0 Å². The Labute approximate surface area is 94.6 Å². The van der Waals surface area contributed by atoms with Gasteiger partial charge in [0.25, 0.3) is 0 Å². The van der Waals surface area contributed by atoms with E-state index in [9.17, 15) is 4.79 Å². The molecule has 0 radical (unpaired) electrons. The lowest BCUT2D eigenvalue weighted by Gasteiger charge is -2.21. The van der Waals surface area contributed by atoms with Crippen molar-refractivity contribution in [2.24, 2.45) is 0 Å². The molecule has 0 amide bonds. The van der Waals surface area contributed by atoms with Crippen molar-refractivity contribution in [2.75, 3.05) is 20.3 Å². The number of nitrogens with zero attached hydrogens (tertiary/aromatic N) is 1. The van der Waals surface area contributed by atoms with Crippen LogP contribution in [0.4, 0.5) is 0 Å². The van der Waals surface area contributed by atoms with Crippen molar-refractivity contribution in [3.63, 3.8) is 0 Å². The van der Waals surface area contributed by atoms with Gasteiger partial charge in [-0.3, -0.25) is 4.98 Å². The quantitative estimate of drug-likeness (QED) is 0.714. The Bertz CT molecular complexity index is 372. The van der Waals surface area contributed by atoms with Crippen molar-refractivity contribution in [3.05, 3.63) is 29.6 Å². The van der Waals surface area contributed by atoms with E-state index < -0.39 is 0 Å². The summed E-state index contributed by atoms with van der Waals surface area (Å²) in [6.07, 6.45) is 3.60. The summed E-state index contributed by atoms with van der Waals surface area (Å²) in [7, 11) is 1.39. The third kappa shape index (κ3) is 2.39. The second kappa shape index (κ2) is 5.07. The molecule has 4 nitrogen and oxygen atoms in total. The maximum atomic E-state index is 11.4. The summed E-state index contributed by atoms with van der Waals surface area (Å²) in [5, 5.41) is 0. The first-order valence-corrected chi connectivity index (χ1v) is 5.43. The molecular formula is C12H15NO3. The highest BCUT2D eigenvalue weighted by Crippen LogP contribution is 2.25. The SMILES string of the molecule is COC(=O)c1ccnc(C2CCOCC2)c1. The Morgan fingerprint density at radius 1 is 1.50 bits per heavy atom. The Morgan fingerprint density at radius 2 is 2.25 bits per heavy atom. The predicted octanol–water partition coefficient (Wildman–Crippen LogP) is 1.76. The fourth-order valence-electron chi connectivity index (χ4n) is 1.91. The summed E-state index contributed by atoms with van der Waals surface area (Å²) < 4.78 is 9.99. The van der Waals surface area contributed by atoms with Gasteiger partial charge in [-0.1, -0.05) is 0 Å². The number of carbonyl (C=O) groups excluding carboxylic acids is 1. The number of ether oxygens (including phenoxy) is 2. The number of hydrogen-bond donors (Lipinski definition) is 0. The van der Waals surface area contributed by atoms with Crippen LogP contribution in [0.25, 0.3) is 0 Å². The molecule has 1 aromatic rings. The van der Waals surface area contributed by atoms with Gasteiger partial charge in [0.05, 0.1) is 12.7 Å². The first kappa shape index (κ1) is 11.1. The molecule has 1 fully saturated rings. The number of hydrogen-bond acceptors (Lipinski definition) is 4. The molecule has 0 N–H and O–H groups in total. The average molecular weight is 221 g/mol. The van der Waals surface area contributed by atoms with Crippen LogP contribution in [0, 0.1) is 0 Å². The highest BCUT2D eigenvalue weighted by molar-refractivity contribution is 5.89. The van der Waals surface area contributed by atoms with E-state index in [0.29, 0.717) is 11.5 Å². The first-order valence-electron chi connectivity index (χ1n) is 5.43. The Balaban J connectivity index is 2.17. The summed E-state index contributed by atoms with van der Waals surface area (Å²) in [6, 6.07) is 3.50. The van der Waals surface area contributed by atoms with Gasteiger partial charge < -0.3 is 9.47 Å². The Kier molecular flexibility index (Phi) is 3.51. The summed E-state index contributed by atoms with van der Waals surface area (Å²) in [6.45, 7) is 1.55. The molecule has 4 heteroatoms. The van der Waals surface area contributed by atoms with Crippen LogP contribution in [-0.4, -0.2) is 31.3 Å². The largest absolute Gasteiger partial charge is 0.465 e. The second-order valence-electron chi connectivity index (χ2n) is 3.85. The lowest BCUT2D eigenvalue weighted by Crippen LogP contribution is -2.15. The maximum Gasteiger partial charge on any atom is 0.337 e. The molecule has 1 saturated heterocycles. The molecule has 1 aliphatic rings. The van der Waals surface area contributed by atoms with Gasteiger partial charge in [0.2, 0.25) is 0 Å². The zero-order chi connectivity index (χ0) is 11.4. The predicted molar refractivity (Wildman–Crippen MR) is 58.4 cm³/mol. The number of esters is 1. The van der Waals surface area contributed by atoms with Crippen molar-refractivity contribution in [1.82, 2.24) is 4.98 Å². The van der Waals surface area contributed by atoms with Gasteiger partial charge >= 0.3 is 5.97 Å². The molecule has 1 aliphatic heterocycles. The number of pyridine rings is 1. The van der Waals surface area contributed by atoms with Gasteiger partial charge in [-0.05, 0) is 25.0 Å². The van der Waals surface area contributed by atoms with Crippen LogP contribution in [-0.2, 0) is 9.47 Å². The Morgan fingerprint density at radius 3 is 2.94 bits per heavy atom. The van der Waals surface area contributed by atoms with Gasteiger partial charge in [-0.25, -0.2) is 4.79 Å². The minimum atomic E-state index is -0.310. The Hall–Kier alpha value is -1.42. The molecule has 0 aliphatic carbocycles. The second-order valence-corrected chi connectivity index (χ2v) is 3.85. The zero-order valence-electron chi connectivity index (χ0n) is 9.31. The van der Waals surface area contributed by atoms with Crippen LogP contribution < -0.4 is 0 Å². The topological polar surface area (TPSA) is 48.4 Å². The van der Waals surface area contributed by atoms with Crippen molar-refractivity contribution < 1.29 is 14.3 Å². The number of carbonyl (C=O) groups is 1. The monoisotopic (exact) mass is 221 g/mol. The molecule has 0 bridgehead atoms. The molecule has 1 aromatic heterocycles. The zero-order valence-corrected chi connectivity index (χ0v) is 9.31. The van der Waals surface area contributed by atoms with Crippen LogP contribution in [0.1, 0.15) is 34.8 Å². The van der Waals surface area contributed by atoms with Gasteiger partial charge in [-0.15, -0.1) is 0 Å². The lowest BCUT2D eigenvalue weighted by atomic mass is 9.95. The van der Waals surface area contributed by atoms with Gasteiger partial charge in [0.1, 0.15) is 0 Å². The van der Waals surface area contributed by atoms with Crippen LogP contribution >= 0.6 is 0 Å². The van der Waals surface area contributed by atoms with Crippen molar-refractivity contribution in [2.45, 2.75) is 18.8 Å². The van der Waals surface area contributed by atoms with E-state index in [1.165, 1.54) is 7.11 Å². The van der Waals surface area contributed by atoms with E-state index in [4.69, 9.17) is 4.74 Å². The van der Waals surface area contributed by atoms with Crippen LogP contribution in [0.5, 0.6) is 0 Å². The van der Waals surface area contributed by atoms with Gasteiger partial charge in [-0.2, -0.15) is 0 Å². The van der Waals surface area contributed by atoms with Gasteiger partial charge in [0, 0.05) is 31.0 Å². The molecule has 0 saturated carbocycles. The molecule has 2 heterocycles. The normalized spacial score (nSPS) is 17.1. The molecule has 0 aromatic carbocycles. The van der Waals surface area contributed by atoms with Crippen molar-refractivity contribution in [1.29, 1.82) is 0 Å². The third-order valence-electron chi connectivity index (χ3n) is 2.84. The summed E-state index contributed by atoms with van der Waals surface area (Å²) in [4.78, 5) is 15.7. The molecular weight excluding hydrogens is 206 g/mol. The van der Waals surface area contributed by atoms with Gasteiger partial charge in [0.15, 0.2) is 0 Å². The lowest BCUT2D eigenvalue weighted by molar-refractivity contribution is 0.0600. The minimum Gasteiger partial charge on any atom is -0.465 e. The van der Waals surface area contributed by atoms with E-state index in [1.54, 1.807) is 12.3 Å². The van der Waals surface area contributed by atoms with E-state index in [2.05, 4.69) is 9.72 Å². The van der Waals surface area contributed by atoms with Crippen molar-refractivity contribution in [3.8, 4) is 0 Å². The minimum absolute atomic E-state index is 0.310. The maximum absolute atomic E-state index is 11.4. The molecule has 16 heavy (non-hydrogen) atoms. The highest BCUT2D eigenvalue weighted by atomic mass is 16.5. The van der Waals surface area contributed by atoms with E-state index in [-0.39, 0.29) is 5.97 Å². The summed E-state index contributed by atoms with van der Waals surface area (Å²) in [5.41, 5.74) is 1.53. The fourth-order valence-corrected chi connectivity index (χ4v) is 1.91. The number of methoxy groups -OCH3 is 1. The molecule has 86 valence electrons. The van der Waals surface area contributed by atoms with Crippen LogP contribution in [0.3, 0.4) is 0 Å². The number of rotatable bonds is 2. The summed E-state index contributed by atoms with van der Waals surface area (Å²) >= 11 is 0. The van der Waals surface area contributed by atoms with E-state index in [1.807, 2.05) is 6.07 Å². The third-order valence-corrected chi connectivity index (χ3v) is 2.84.